The molecule has 0 spiro atoms. The van der Waals surface area contributed by atoms with Crippen LogP contribution in [-0.2, 0) is 4.79 Å². The van der Waals surface area contributed by atoms with Crippen molar-refractivity contribution in [3.8, 4) is 0 Å². The maximum absolute atomic E-state index is 9.94. The highest BCUT2D eigenvalue weighted by Gasteiger charge is 1.95. The molecule has 11 heavy (non-hydrogen) atoms. The van der Waals surface area contributed by atoms with Crippen LogP contribution in [0, 0.1) is 0 Å². The van der Waals surface area contributed by atoms with E-state index in [9.17, 15) is 4.79 Å². The molecule has 1 amide bonds. The molecule has 0 aliphatic rings. The molecule has 60 valence electrons. The first-order valence-electron chi connectivity index (χ1n) is 2.94. The quantitative estimate of drug-likeness (QED) is 0.426. The minimum Gasteiger partial charge on any atom is -0.276 e. The molecule has 0 saturated heterocycles. The molecule has 1 aromatic rings. The maximum atomic E-state index is 9.94. The Morgan fingerprint density at radius 1 is 1.73 bits per heavy atom. The van der Waals surface area contributed by atoms with Gasteiger partial charge in [-0.2, -0.15) is 9.98 Å². The first-order valence-corrected chi connectivity index (χ1v) is 6.07. The normalized spacial score (nSPS) is 11.9. The van der Waals surface area contributed by atoms with Gasteiger partial charge >= 0.3 is 0 Å². The Morgan fingerprint density at radius 3 is 3.18 bits per heavy atom. The average Bonchev–Trinajstić information content (AvgIpc) is 2.38. The van der Waals surface area contributed by atoms with E-state index in [1.54, 1.807) is 22.1 Å². The van der Waals surface area contributed by atoms with E-state index in [0.717, 1.165) is 10.1 Å². The lowest BCUT2D eigenvalue weighted by atomic mass is 11.0. The average molecular weight is 206 g/mol. The summed E-state index contributed by atoms with van der Waals surface area (Å²) in [7, 11) is 2.98. The van der Waals surface area contributed by atoms with E-state index in [0.29, 0.717) is 11.2 Å². The molecule has 0 atom stereocenters. The summed E-state index contributed by atoms with van der Waals surface area (Å²) in [5.74, 6) is 1.00. The lowest BCUT2D eigenvalue weighted by Crippen LogP contribution is -1.96. The molecule has 0 saturated carbocycles. The molecular formula is C5H6N2OS3. The molecule has 1 aromatic heterocycles. The fraction of sp³-hybridized carbons (Fsp3) is 0.400. The summed E-state index contributed by atoms with van der Waals surface area (Å²) >= 11 is 1.66. The predicted molar refractivity (Wildman–Crippen MR) is 48.0 cm³/mol. The maximum Gasteiger partial charge on any atom is 0.235 e. The van der Waals surface area contributed by atoms with Crippen LogP contribution in [0.5, 0.6) is 0 Å². The molecule has 0 aliphatic heterocycles. The summed E-state index contributed by atoms with van der Waals surface area (Å²) in [6, 6.07) is 0. The summed E-state index contributed by atoms with van der Waals surface area (Å²) in [5.41, 5.74) is 0. The number of carbonyl (C=O) groups excluding carboxylic acids is 1. The van der Waals surface area contributed by atoms with Crippen molar-refractivity contribution in [3.63, 3.8) is 0 Å². The summed E-state index contributed by atoms with van der Waals surface area (Å²) < 4.78 is 0.984. The van der Waals surface area contributed by atoms with Crippen LogP contribution >= 0.6 is 32.4 Å². The topological polar surface area (TPSA) is 42.3 Å². The van der Waals surface area contributed by atoms with Crippen molar-refractivity contribution in [1.29, 1.82) is 0 Å². The fourth-order valence-corrected chi connectivity index (χ4v) is 3.54. The lowest BCUT2D eigenvalue weighted by Gasteiger charge is -1.83. The second-order valence-corrected chi connectivity index (χ2v) is 5.09. The Labute approximate surface area is 75.6 Å². The Balaban J connectivity index is 2.81. The largest absolute Gasteiger partial charge is 0.276 e. The molecular weight excluding hydrogens is 200 g/mol. The van der Waals surface area contributed by atoms with Crippen LogP contribution in [-0.4, -0.2) is 17.1 Å². The second-order valence-electron chi connectivity index (χ2n) is 1.49. The van der Waals surface area contributed by atoms with Crippen molar-refractivity contribution >= 4 is 38.9 Å². The van der Waals surface area contributed by atoms with Gasteiger partial charge in [-0.3, -0.25) is 4.79 Å². The summed E-state index contributed by atoms with van der Waals surface area (Å²) in [4.78, 5) is 18.1. The molecule has 0 aliphatic carbocycles. The number of rotatable bonds is 3. The van der Waals surface area contributed by atoms with Gasteiger partial charge in [0.1, 0.15) is 0 Å². The van der Waals surface area contributed by atoms with Crippen molar-refractivity contribution in [3.05, 3.63) is 4.80 Å². The molecule has 0 unspecified atom stereocenters. The van der Waals surface area contributed by atoms with E-state index in [2.05, 4.69) is 16.9 Å². The van der Waals surface area contributed by atoms with Crippen molar-refractivity contribution < 1.29 is 4.79 Å². The number of nitrogens with zero attached hydrogens (tertiary/aromatic N) is 2. The Kier molecular flexibility index (Phi) is 3.74. The smallest absolute Gasteiger partial charge is 0.235 e. The van der Waals surface area contributed by atoms with E-state index in [-0.39, 0.29) is 0 Å². The zero-order valence-corrected chi connectivity index (χ0v) is 8.26. The van der Waals surface area contributed by atoms with Gasteiger partial charge < -0.3 is 0 Å². The van der Waals surface area contributed by atoms with Gasteiger partial charge in [0.05, 0.1) is 0 Å². The van der Waals surface area contributed by atoms with Crippen molar-refractivity contribution in [1.82, 2.24) is 4.98 Å². The van der Waals surface area contributed by atoms with Crippen LogP contribution in [0.15, 0.2) is 9.33 Å². The first-order chi connectivity index (χ1) is 5.36. The third-order valence-corrected chi connectivity index (χ3v) is 4.19. The van der Waals surface area contributed by atoms with Crippen molar-refractivity contribution in [2.45, 2.75) is 11.3 Å². The Hall–Kier alpha value is -0.200. The van der Waals surface area contributed by atoms with Gasteiger partial charge in [0.15, 0.2) is 4.34 Å². The molecule has 0 fully saturated rings. The number of carbonyl (C=O) groups is 1. The number of amides is 1. The predicted octanol–water partition coefficient (Wildman–Crippen LogP) is 1.37. The Morgan fingerprint density at radius 2 is 2.55 bits per heavy atom. The highest BCUT2D eigenvalue weighted by molar-refractivity contribution is 8.02. The minimum absolute atomic E-state index is 0.520. The number of hydrogen-bond acceptors (Lipinski definition) is 5. The van der Waals surface area contributed by atoms with E-state index in [1.807, 2.05) is 0 Å². The van der Waals surface area contributed by atoms with E-state index >= 15 is 0 Å². The fourth-order valence-electron chi connectivity index (χ4n) is 0.464. The SMILES string of the molecule is CCSc1nc(=NC=O)ss1. The highest BCUT2D eigenvalue weighted by atomic mass is 32.9. The zero-order valence-electron chi connectivity index (χ0n) is 5.81. The van der Waals surface area contributed by atoms with Gasteiger partial charge in [-0.25, -0.2) is 0 Å². The standard InChI is InChI=1S/C5H6N2OS3/c1-2-9-5-7-4(6-3-8)10-11-5/h3H,2H2,1H3. The summed E-state index contributed by atoms with van der Waals surface area (Å²) in [5, 5.41) is 0. The van der Waals surface area contributed by atoms with Crippen LogP contribution in [0.2, 0.25) is 0 Å². The first kappa shape index (κ1) is 8.89. The number of aromatic nitrogens is 1. The van der Waals surface area contributed by atoms with Gasteiger partial charge in [-0.15, -0.1) is 0 Å². The number of hydrogen-bond donors (Lipinski definition) is 0. The Bertz CT molecular complexity index is 290. The van der Waals surface area contributed by atoms with Gasteiger partial charge in [-0.05, 0) is 26.4 Å². The molecule has 0 N–H and O–H groups in total. The third kappa shape index (κ3) is 2.72. The monoisotopic (exact) mass is 206 g/mol. The molecule has 0 radical (unpaired) electrons. The minimum atomic E-state index is 0.520. The van der Waals surface area contributed by atoms with E-state index < -0.39 is 0 Å². The molecule has 1 heterocycles. The van der Waals surface area contributed by atoms with Crippen LogP contribution in [0.4, 0.5) is 0 Å². The number of thioether (sulfide) groups is 1. The van der Waals surface area contributed by atoms with E-state index in [4.69, 9.17) is 0 Å². The van der Waals surface area contributed by atoms with Gasteiger partial charge in [0.25, 0.3) is 0 Å². The van der Waals surface area contributed by atoms with Crippen molar-refractivity contribution in [2.75, 3.05) is 5.75 Å². The molecule has 3 nitrogen and oxygen atoms in total. The summed E-state index contributed by atoms with van der Waals surface area (Å²) in [6.07, 6.45) is 0.520. The van der Waals surface area contributed by atoms with Crippen molar-refractivity contribution in [2.24, 2.45) is 4.99 Å². The van der Waals surface area contributed by atoms with Crippen LogP contribution in [0.3, 0.4) is 0 Å². The lowest BCUT2D eigenvalue weighted by molar-refractivity contribution is -0.107. The van der Waals surface area contributed by atoms with Crippen LogP contribution < -0.4 is 4.80 Å². The summed E-state index contributed by atoms with van der Waals surface area (Å²) in [6.45, 7) is 2.06. The van der Waals surface area contributed by atoms with Gasteiger partial charge in [-0.1, -0.05) is 18.7 Å². The van der Waals surface area contributed by atoms with Gasteiger partial charge in [0.2, 0.25) is 11.2 Å². The second kappa shape index (κ2) is 4.63. The van der Waals surface area contributed by atoms with E-state index in [1.165, 1.54) is 10.3 Å². The molecule has 6 heteroatoms. The van der Waals surface area contributed by atoms with Crippen LogP contribution in [0.1, 0.15) is 6.92 Å². The third-order valence-electron chi connectivity index (χ3n) is 0.805. The molecule has 1 rings (SSSR count). The molecule has 0 aromatic carbocycles. The zero-order chi connectivity index (χ0) is 8.10. The van der Waals surface area contributed by atoms with Crippen LogP contribution in [0.25, 0.3) is 0 Å². The van der Waals surface area contributed by atoms with Gasteiger partial charge in [0, 0.05) is 0 Å². The molecule has 0 bridgehead atoms. The highest BCUT2D eigenvalue weighted by Crippen LogP contribution is 2.20.